The Labute approximate surface area is 131 Å². The number of β-amino-alcohol motifs (C(OH)–C–C–N with tert-alkyl or cyclic N) is 1. The summed E-state index contributed by atoms with van der Waals surface area (Å²) in [5.41, 5.74) is 0. The van der Waals surface area contributed by atoms with Gasteiger partial charge < -0.3 is 14.6 Å². The first-order chi connectivity index (χ1) is 9.15. The molecule has 0 aliphatic carbocycles. The van der Waals surface area contributed by atoms with Crippen LogP contribution in [0.15, 0.2) is 18.2 Å². The number of hydrogen-bond donors (Lipinski definition) is 1. The number of rotatable bonds is 5. The lowest BCUT2D eigenvalue weighted by atomic mass is 10.3. The highest BCUT2D eigenvalue weighted by atomic mass is 127. The summed E-state index contributed by atoms with van der Waals surface area (Å²) >= 11 is 8.05. The van der Waals surface area contributed by atoms with Crippen LogP contribution in [0, 0.1) is 3.57 Å². The van der Waals surface area contributed by atoms with E-state index in [1.54, 1.807) is 6.07 Å². The molecule has 1 aromatic rings. The molecule has 1 atom stereocenters. The molecule has 4 nitrogen and oxygen atoms in total. The fraction of sp³-hybridized carbons (Fsp3) is 0.538. The lowest BCUT2D eigenvalue weighted by Gasteiger charge is -2.28. The van der Waals surface area contributed by atoms with Crippen LogP contribution in [0.1, 0.15) is 0 Å². The molecule has 1 fully saturated rings. The summed E-state index contributed by atoms with van der Waals surface area (Å²) < 4.78 is 11.8. The van der Waals surface area contributed by atoms with Crippen LogP contribution in [0.5, 0.6) is 5.75 Å². The highest BCUT2D eigenvalue weighted by Gasteiger charge is 2.15. The van der Waals surface area contributed by atoms with Crippen LogP contribution in [0.3, 0.4) is 0 Å². The quantitative estimate of drug-likeness (QED) is 0.772. The summed E-state index contributed by atoms with van der Waals surface area (Å²) in [5.74, 6) is 0.756. The van der Waals surface area contributed by atoms with Crippen LogP contribution in [0.4, 0.5) is 0 Å². The lowest BCUT2D eigenvalue weighted by Crippen LogP contribution is -2.42. The van der Waals surface area contributed by atoms with Gasteiger partial charge in [0.15, 0.2) is 0 Å². The minimum atomic E-state index is -0.496. The van der Waals surface area contributed by atoms with E-state index in [-0.39, 0.29) is 6.61 Å². The summed E-state index contributed by atoms with van der Waals surface area (Å²) in [6.07, 6.45) is -0.496. The number of nitrogens with zero attached hydrogens (tertiary/aromatic N) is 1. The van der Waals surface area contributed by atoms with Gasteiger partial charge in [-0.1, -0.05) is 11.6 Å². The van der Waals surface area contributed by atoms with Gasteiger partial charge in [0.25, 0.3) is 0 Å². The predicted octanol–water partition coefficient (Wildman–Crippen LogP) is 2.02. The van der Waals surface area contributed by atoms with Crippen molar-refractivity contribution in [1.82, 2.24) is 4.90 Å². The number of morpholine rings is 1. The van der Waals surface area contributed by atoms with Gasteiger partial charge >= 0.3 is 0 Å². The molecule has 0 spiro atoms. The number of benzene rings is 1. The first-order valence-electron chi connectivity index (χ1n) is 6.21. The third-order valence-electron chi connectivity index (χ3n) is 2.90. The molecule has 1 N–H and O–H groups in total. The second-order valence-corrected chi connectivity index (χ2v) is 6.05. The highest BCUT2D eigenvalue weighted by Crippen LogP contribution is 2.24. The van der Waals surface area contributed by atoms with Gasteiger partial charge in [-0.2, -0.15) is 0 Å². The van der Waals surface area contributed by atoms with Crippen LogP contribution in [0.2, 0.25) is 5.02 Å². The van der Waals surface area contributed by atoms with Gasteiger partial charge in [0.2, 0.25) is 0 Å². The Bertz CT molecular complexity index is 413. The number of halogens is 2. The second-order valence-electron chi connectivity index (χ2n) is 4.45. The van der Waals surface area contributed by atoms with E-state index in [2.05, 4.69) is 27.5 Å². The molecule has 2 rings (SSSR count). The fourth-order valence-corrected chi connectivity index (χ4v) is 2.94. The summed E-state index contributed by atoms with van der Waals surface area (Å²) in [5, 5.41) is 10.7. The SMILES string of the molecule is O[C@@H](COc1ccc(Cl)cc1I)CN1CCOCC1. The van der Waals surface area contributed by atoms with E-state index >= 15 is 0 Å². The van der Waals surface area contributed by atoms with Crippen molar-refractivity contribution in [2.75, 3.05) is 39.5 Å². The van der Waals surface area contributed by atoms with Gasteiger partial charge in [0.05, 0.1) is 16.8 Å². The summed E-state index contributed by atoms with van der Waals surface area (Å²) in [4.78, 5) is 2.18. The van der Waals surface area contributed by atoms with Gasteiger partial charge in [-0.3, -0.25) is 4.90 Å². The molecule has 6 heteroatoms. The zero-order valence-electron chi connectivity index (χ0n) is 10.5. The van der Waals surface area contributed by atoms with Gasteiger partial charge in [-0.15, -0.1) is 0 Å². The predicted molar refractivity (Wildman–Crippen MR) is 82.9 cm³/mol. The second kappa shape index (κ2) is 7.64. The maximum atomic E-state index is 9.97. The van der Waals surface area contributed by atoms with E-state index < -0.39 is 6.10 Å². The Balaban J connectivity index is 1.77. The molecule has 1 saturated heterocycles. The number of ether oxygens (including phenoxy) is 2. The van der Waals surface area contributed by atoms with Crippen LogP contribution < -0.4 is 4.74 Å². The maximum Gasteiger partial charge on any atom is 0.132 e. The van der Waals surface area contributed by atoms with E-state index in [0.717, 1.165) is 35.6 Å². The van der Waals surface area contributed by atoms with Crippen molar-refractivity contribution in [1.29, 1.82) is 0 Å². The molecule has 1 heterocycles. The molecule has 19 heavy (non-hydrogen) atoms. The van der Waals surface area contributed by atoms with Crippen molar-refractivity contribution in [3.63, 3.8) is 0 Å². The highest BCUT2D eigenvalue weighted by molar-refractivity contribution is 14.1. The van der Waals surface area contributed by atoms with Gasteiger partial charge in [0, 0.05) is 24.7 Å². The monoisotopic (exact) mass is 397 g/mol. The maximum absolute atomic E-state index is 9.97. The molecular formula is C13H17ClINO3. The Morgan fingerprint density at radius 2 is 2.16 bits per heavy atom. The topological polar surface area (TPSA) is 41.9 Å². The largest absolute Gasteiger partial charge is 0.490 e. The zero-order chi connectivity index (χ0) is 13.7. The molecule has 1 aliphatic rings. The molecule has 0 bridgehead atoms. The zero-order valence-corrected chi connectivity index (χ0v) is 13.4. The molecule has 1 aromatic carbocycles. The fourth-order valence-electron chi connectivity index (χ4n) is 1.91. The number of hydrogen-bond acceptors (Lipinski definition) is 4. The summed E-state index contributed by atoms with van der Waals surface area (Å²) in [6, 6.07) is 5.45. The average Bonchev–Trinajstić information content (AvgIpc) is 2.39. The standard InChI is InChI=1S/C13H17ClINO3/c14-10-1-2-13(12(15)7-10)19-9-11(17)8-16-3-5-18-6-4-16/h1-2,7,11,17H,3-6,8-9H2/t11-/m1/s1. The van der Waals surface area contributed by atoms with Gasteiger partial charge in [0.1, 0.15) is 18.5 Å². The van der Waals surface area contributed by atoms with Gasteiger partial charge in [-0.05, 0) is 40.8 Å². The average molecular weight is 398 g/mol. The summed E-state index contributed by atoms with van der Waals surface area (Å²) in [6.45, 7) is 4.12. The van der Waals surface area contributed by atoms with Crippen molar-refractivity contribution in [3.05, 3.63) is 26.8 Å². The number of aliphatic hydroxyl groups excluding tert-OH is 1. The minimum Gasteiger partial charge on any atom is -0.490 e. The Morgan fingerprint density at radius 1 is 1.42 bits per heavy atom. The Morgan fingerprint density at radius 3 is 2.84 bits per heavy atom. The van der Waals surface area contributed by atoms with E-state index in [1.165, 1.54) is 0 Å². The molecule has 0 saturated carbocycles. The third kappa shape index (κ3) is 5.07. The Hall–Kier alpha value is -0.0800. The van der Waals surface area contributed by atoms with E-state index in [9.17, 15) is 5.11 Å². The molecule has 106 valence electrons. The van der Waals surface area contributed by atoms with Crippen LogP contribution in [-0.4, -0.2) is 55.6 Å². The van der Waals surface area contributed by atoms with Crippen molar-refractivity contribution in [3.8, 4) is 5.75 Å². The van der Waals surface area contributed by atoms with Crippen LogP contribution >= 0.6 is 34.2 Å². The first-order valence-corrected chi connectivity index (χ1v) is 7.67. The van der Waals surface area contributed by atoms with Crippen molar-refractivity contribution < 1.29 is 14.6 Å². The molecule has 0 unspecified atom stereocenters. The normalized spacial score (nSPS) is 18.3. The van der Waals surface area contributed by atoms with E-state index in [4.69, 9.17) is 21.1 Å². The minimum absolute atomic E-state index is 0.287. The lowest BCUT2D eigenvalue weighted by molar-refractivity contribution is 0.00458. The third-order valence-corrected chi connectivity index (χ3v) is 3.98. The molecule has 1 aliphatic heterocycles. The van der Waals surface area contributed by atoms with E-state index in [0.29, 0.717) is 11.6 Å². The first kappa shape index (κ1) is 15.3. The van der Waals surface area contributed by atoms with E-state index in [1.807, 2.05) is 12.1 Å². The molecular weight excluding hydrogens is 381 g/mol. The summed E-state index contributed by atoms with van der Waals surface area (Å²) in [7, 11) is 0. The van der Waals surface area contributed by atoms with Crippen molar-refractivity contribution in [2.45, 2.75) is 6.10 Å². The molecule has 0 radical (unpaired) electrons. The van der Waals surface area contributed by atoms with Crippen LogP contribution in [-0.2, 0) is 4.74 Å². The van der Waals surface area contributed by atoms with Crippen molar-refractivity contribution >= 4 is 34.2 Å². The molecule has 0 aromatic heterocycles. The smallest absolute Gasteiger partial charge is 0.132 e. The molecule has 0 amide bonds. The van der Waals surface area contributed by atoms with Gasteiger partial charge in [-0.25, -0.2) is 0 Å². The Kier molecular flexibility index (Phi) is 6.15. The van der Waals surface area contributed by atoms with Crippen molar-refractivity contribution in [2.24, 2.45) is 0 Å². The van der Waals surface area contributed by atoms with Crippen LogP contribution in [0.25, 0.3) is 0 Å². The number of aliphatic hydroxyl groups is 1.